The van der Waals surface area contributed by atoms with E-state index in [9.17, 15) is 4.79 Å². The molecule has 0 fully saturated rings. The molecule has 0 bridgehead atoms. The van der Waals surface area contributed by atoms with E-state index in [0.717, 1.165) is 18.4 Å². The van der Waals surface area contributed by atoms with Crippen LogP contribution < -0.4 is 5.73 Å². The molecule has 1 aromatic carbocycles. The number of nitrogens with two attached hydrogens (primary N) is 1. The highest BCUT2D eigenvalue weighted by Gasteiger charge is 2.29. The van der Waals surface area contributed by atoms with Gasteiger partial charge in [0.2, 0.25) is 0 Å². The summed E-state index contributed by atoms with van der Waals surface area (Å²) in [7, 11) is 0. The maximum atomic E-state index is 11.0. The predicted molar refractivity (Wildman–Crippen MR) is 57.4 cm³/mol. The zero-order chi connectivity index (χ0) is 10.8. The van der Waals surface area contributed by atoms with Crippen LogP contribution in [0.3, 0.4) is 0 Å². The fraction of sp³-hybridized carbons (Fsp3) is 0.417. The summed E-state index contributed by atoms with van der Waals surface area (Å²) in [4.78, 5) is 11.0. The minimum absolute atomic E-state index is 0.360. The molecule has 2 atom stereocenters. The van der Waals surface area contributed by atoms with Crippen LogP contribution in [0.5, 0.6) is 0 Å². The second-order valence-corrected chi connectivity index (χ2v) is 4.06. The highest BCUT2D eigenvalue weighted by atomic mass is 16.4. The van der Waals surface area contributed by atoms with Crippen molar-refractivity contribution in [3.05, 3.63) is 35.4 Å². The normalized spacial score (nSPS) is 25.4. The molecule has 0 unspecified atom stereocenters. The summed E-state index contributed by atoms with van der Waals surface area (Å²) in [5.74, 6) is -1.21. The van der Waals surface area contributed by atoms with Crippen LogP contribution in [0.2, 0.25) is 0 Å². The van der Waals surface area contributed by atoms with Gasteiger partial charge in [0.05, 0.1) is 5.92 Å². The van der Waals surface area contributed by atoms with E-state index in [1.54, 1.807) is 0 Å². The van der Waals surface area contributed by atoms with Gasteiger partial charge in [-0.25, -0.2) is 0 Å². The molecule has 1 aromatic rings. The number of hydrogen-bond acceptors (Lipinski definition) is 2. The van der Waals surface area contributed by atoms with Crippen molar-refractivity contribution in [1.82, 2.24) is 0 Å². The molecule has 15 heavy (non-hydrogen) atoms. The summed E-state index contributed by atoms with van der Waals surface area (Å²) in [5.41, 5.74) is 8.22. The lowest BCUT2D eigenvalue weighted by atomic mass is 9.92. The lowest BCUT2D eigenvalue weighted by Gasteiger charge is -2.18. The van der Waals surface area contributed by atoms with Gasteiger partial charge in [0.15, 0.2) is 0 Å². The topological polar surface area (TPSA) is 63.3 Å². The molecule has 0 aliphatic heterocycles. The van der Waals surface area contributed by atoms with E-state index in [-0.39, 0.29) is 6.04 Å². The number of rotatable bonds is 1. The molecule has 0 spiro atoms. The molecule has 3 heteroatoms. The number of aliphatic carboxylic acids is 1. The monoisotopic (exact) mass is 205 g/mol. The number of hydrogen-bond donors (Lipinski definition) is 2. The lowest BCUT2D eigenvalue weighted by molar-refractivity contribution is -0.142. The Bertz CT molecular complexity index is 376. The van der Waals surface area contributed by atoms with Gasteiger partial charge >= 0.3 is 5.97 Å². The highest BCUT2D eigenvalue weighted by molar-refractivity contribution is 5.71. The van der Waals surface area contributed by atoms with Crippen molar-refractivity contribution in [3.63, 3.8) is 0 Å². The van der Waals surface area contributed by atoms with Gasteiger partial charge in [-0.1, -0.05) is 24.3 Å². The van der Waals surface area contributed by atoms with Gasteiger partial charge in [-0.05, 0) is 30.4 Å². The van der Waals surface area contributed by atoms with E-state index in [1.165, 1.54) is 5.56 Å². The van der Waals surface area contributed by atoms with Crippen molar-refractivity contribution < 1.29 is 9.90 Å². The Balaban J connectivity index is 2.38. The van der Waals surface area contributed by atoms with Crippen LogP contribution in [-0.2, 0) is 11.2 Å². The van der Waals surface area contributed by atoms with E-state index in [1.807, 2.05) is 24.3 Å². The molecular formula is C12H15NO2. The Hall–Kier alpha value is -1.35. The second-order valence-electron chi connectivity index (χ2n) is 4.06. The number of aryl methyl sites for hydroxylation is 1. The van der Waals surface area contributed by atoms with Gasteiger partial charge in [-0.2, -0.15) is 0 Å². The van der Waals surface area contributed by atoms with E-state index >= 15 is 0 Å². The fourth-order valence-electron chi connectivity index (χ4n) is 2.27. The summed E-state index contributed by atoms with van der Waals surface area (Å²) in [6, 6.07) is 7.53. The van der Waals surface area contributed by atoms with Gasteiger partial charge in [0.25, 0.3) is 0 Å². The minimum atomic E-state index is -0.779. The van der Waals surface area contributed by atoms with E-state index in [2.05, 4.69) is 0 Å². The Labute approximate surface area is 88.9 Å². The molecular weight excluding hydrogens is 190 g/mol. The Morgan fingerprint density at radius 1 is 1.40 bits per heavy atom. The Morgan fingerprint density at radius 2 is 2.13 bits per heavy atom. The van der Waals surface area contributed by atoms with E-state index in [4.69, 9.17) is 10.8 Å². The first-order valence-electron chi connectivity index (χ1n) is 5.26. The van der Waals surface area contributed by atoms with Gasteiger partial charge in [0.1, 0.15) is 0 Å². The molecule has 3 nitrogen and oxygen atoms in total. The zero-order valence-electron chi connectivity index (χ0n) is 8.52. The molecule has 2 rings (SSSR count). The Morgan fingerprint density at radius 3 is 2.87 bits per heavy atom. The van der Waals surface area contributed by atoms with Crippen molar-refractivity contribution >= 4 is 5.97 Å². The average molecular weight is 205 g/mol. The highest BCUT2D eigenvalue weighted by Crippen LogP contribution is 2.31. The molecule has 0 heterocycles. The molecule has 80 valence electrons. The van der Waals surface area contributed by atoms with Crippen LogP contribution >= 0.6 is 0 Å². The molecule has 0 saturated heterocycles. The molecule has 3 N–H and O–H groups in total. The standard InChI is InChI=1S/C12H15NO2/c13-11-9-6-2-1-4-8(9)5-3-7-10(11)12(14)15/h1-2,4,6,10-11H,3,5,7,13H2,(H,14,15)/t10-,11+/m1/s1. The number of benzene rings is 1. The number of carboxylic acid groups (broad SMARTS) is 1. The largest absolute Gasteiger partial charge is 0.481 e. The molecule has 0 saturated carbocycles. The maximum Gasteiger partial charge on any atom is 0.308 e. The predicted octanol–water partition coefficient (Wildman–Crippen LogP) is 1.72. The summed E-state index contributed by atoms with van der Waals surface area (Å²) in [5, 5.41) is 9.08. The minimum Gasteiger partial charge on any atom is -0.481 e. The third kappa shape index (κ3) is 1.88. The van der Waals surface area contributed by atoms with Crippen LogP contribution in [0.4, 0.5) is 0 Å². The zero-order valence-corrected chi connectivity index (χ0v) is 8.52. The molecule has 0 amide bonds. The lowest BCUT2D eigenvalue weighted by Crippen LogP contribution is -2.27. The van der Waals surface area contributed by atoms with Gasteiger partial charge < -0.3 is 10.8 Å². The number of carboxylic acids is 1. The smallest absolute Gasteiger partial charge is 0.308 e. The first-order valence-corrected chi connectivity index (χ1v) is 5.26. The van der Waals surface area contributed by atoms with E-state index in [0.29, 0.717) is 6.42 Å². The summed E-state index contributed by atoms with van der Waals surface area (Å²) >= 11 is 0. The molecule has 0 aromatic heterocycles. The van der Waals surface area contributed by atoms with Crippen molar-refractivity contribution in [3.8, 4) is 0 Å². The first kappa shape index (κ1) is 10.2. The van der Waals surface area contributed by atoms with Crippen molar-refractivity contribution in [2.45, 2.75) is 25.3 Å². The number of fused-ring (bicyclic) bond motifs is 1. The average Bonchev–Trinajstić information content (AvgIpc) is 2.39. The third-order valence-electron chi connectivity index (χ3n) is 3.13. The van der Waals surface area contributed by atoms with Crippen LogP contribution in [0.25, 0.3) is 0 Å². The summed E-state index contributed by atoms with van der Waals surface area (Å²) < 4.78 is 0. The van der Waals surface area contributed by atoms with Gasteiger partial charge in [-0.15, -0.1) is 0 Å². The Kier molecular flexibility index (Phi) is 2.73. The van der Waals surface area contributed by atoms with Crippen LogP contribution in [-0.4, -0.2) is 11.1 Å². The van der Waals surface area contributed by atoms with Crippen LogP contribution in [0.1, 0.15) is 30.0 Å². The number of carbonyl (C=O) groups is 1. The molecule has 1 aliphatic rings. The fourth-order valence-corrected chi connectivity index (χ4v) is 2.27. The van der Waals surface area contributed by atoms with Crippen molar-refractivity contribution in [2.75, 3.05) is 0 Å². The van der Waals surface area contributed by atoms with Crippen molar-refractivity contribution in [1.29, 1.82) is 0 Å². The van der Waals surface area contributed by atoms with Crippen LogP contribution in [0.15, 0.2) is 24.3 Å². The quantitative estimate of drug-likeness (QED) is 0.686. The molecule has 0 radical (unpaired) electrons. The summed E-state index contributed by atoms with van der Waals surface area (Å²) in [6.07, 6.45) is 2.51. The third-order valence-corrected chi connectivity index (χ3v) is 3.13. The van der Waals surface area contributed by atoms with Gasteiger partial charge in [-0.3, -0.25) is 4.79 Å². The van der Waals surface area contributed by atoms with Gasteiger partial charge in [0, 0.05) is 6.04 Å². The SMILES string of the molecule is N[C@H]1c2ccccc2CCC[C@H]1C(=O)O. The van der Waals surface area contributed by atoms with E-state index < -0.39 is 11.9 Å². The summed E-state index contributed by atoms with van der Waals surface area (Å²) in [6.45, 7) is 0. The van der Waals surface area contributed by atoms with Crippen LogP contribution in [0, 0.1) is 5.92 Å². The maximum absolute atomic E-state index is 11.0. The van der Waals surface area contributed by atoms with Crippen molar-refractivity contribution in [2.24, 2.45) is 11.7 Å². The second kappa shape index (κ2) is 4.03. The first-order chi connectivity index (χ1) is 7.20. The molecule has 1 aliphatic carbocycles.